The first-order valence-electron chi connectivity index (χ1n) is 7.91. The third-order valence-electron chi connectivity index (χ3n) is 3.59. The van der Waals surface area contributed by atoms with E-state index in [2.05, 4.69) is 25.6 Å². The largest absolute Gasteiger partial charge is 0.465 e. The first kappa shape index (κ1) is 18.3. The van der Waals surface area contributed by atoms with E-state index in [1.54, 1.807) is 60.7 Å². The van der Waals surface area contributed by atoms with Crippen molar-refractivity contribution in [2.75, 3.05) is 17.7 Å². The fourth-order valence-electron chi connectivity index (χ4n) is 2.21. The van der Waals surface area contributed by atoms with E-state index in [0.717, 1.165) is 5.69 Å². The molecule has 7 nitrogen and oxygen atoms in total. The number of esters is 1. The zero-order valence-corrected chi connectivity index (χ0v) is 15.0. The van der Waals surface area contributed by atoms with Crippen molar-refractivity contribution in [2.24, 2.45) is 0 Å². The van der Waals surface area contributed by atoms with Gasteiger partial charge in [-0.15, -0.1) is 10.2 Å². The number of aromatic nitrogens is 2. The Bertz CT molecular complexity index is 942. The van der Waals surface area contributed by atoms with Crippen LogP contribution in [0.5, 0.6) is 0 Å². The molecule has 0 aliphatic rings. The summed E-state index contributed by atoms with van der Waals surface area (Å²) in [7, 11) is 1.33. The van der Waals surface area contributed by atoms with Gasteiger partial charge in [0.2, 0.25) is 0 Å². The Balaban J connectivity index is 1.62. The number of ether oxygens (including phenoxy) is 1. The minimum absolute atomic E-state index is 0.305. The Hall–Kier alpha value is -3.45. The minimum Gasteiger partial charge on any atom is -0.465 e. The van der Waals surface area contributed by atoms with E-state index in [9.17, 15) is 9.59 Å². The van der Waals surface area contributed by atoms with Crippen LogP contribution in [0.4, 0.5) is 17.3 Å². The average molecular weight is 383 g/mol. The first-order valence-corrected chi connectivity index (χ1v) is 8.29. The molecule has 27 heavy (non-hydrogen) atoms. The first-order chi connectivity index (χ1) is 13.0. The van der Waals surface area contributed by atoms with Gasteiger partial charge in [-0.05, 0) is 60.7 Å². The summed E-state index contributed by atoms with van der Waals surface area (Å²) in [6, 6.07) is 16.6. The van der Waals surface area contributed by atoms with Gasteiger partial charge in [0.25, 0.3) is 5.91 Å². The predicted molar refractivity (Wildman–Crippen MR) is 103 cm³/mol. The summed E-state index contributed by atoms with van der Waals surface area (Å²) < 4.78 is 4.65. The highest BCUT2D eigenvalue weighted by atomic mass is 35.5. The number of benzene rings is 2. The Labute approximate surface area is 160 Å². The van der Waals surface area contributed by atoms with Crippen molar-refractivity contribution in [3.8, 4) is 0 Å². The maximum Gasteiger partial charge on any atom is 0.337 e. The molecule has 136 valence electrons. The van der Waals surface area contributed by atoms with Gasteiger partial charge in [-0.2, -0.15) is 0 Å². The molecule has 1 heterocycles. The second-order valence-electron chi connectivity index (χ2n) is 5.46. The monoisotopic (exact) mass is 382 g/mol. The van der Waals surface area contributed by atoms with Gasteiger partial charge in [-0.3, -0.25) is 4.79 Å². The molecule has 0 radical (unpaired) electrons. The van der Waals surface area contributed by atoms with Crippen molar-refractivity contribution in [3.63, 3.8) is 0 Å². The van der Waals surface area contributed by atoms with E-state index < -0.39 is 5.97 Å². The highest BCUT2D eigenvalue weighted by Gasteiger charge is 2.08. The zero-order chi connectivity index (χ0) is 19.2. The number of rotatable bonds is 5. The van der Waals surface area contributed by atoms with Crippen LogP contribution in [0.2, 0.25) is 5.02 Å². The molecule has 0 saturated heterocycles. The molecule has 0 unspecified atom stereocenters. The second kappa shape index (κ2) is 8.29. The van der Waals surface area contributed by atoms with Gasteiger partial charge >= 0.3 is 5.97 Å². The highest BCUT2D eigenvalue weighted by Crippen LogP contribution is 2.17. The van der Waals surface area contributed by atoms with Crippen molar-refractivity contribution in [1.82, 2.24) is 10.2 Å². The molecule has 2 aromatic carbocycles. The number of methoxy groups -OCH3 is 1. The fourth-order valence-corrected chi connectivity index (χ4v) is 2.34. The van der Waals surface area contributed by atoms with Crippen LogP contribution in [0, 0.1) is 0 Å². The Kier molecular flexibility index (Phi) is 5.63. The fraction of sp³-hybridized carbons (Fsp3) is 0.0526. The summed E-state index contributed by atoms with van der Waals surface area (Å²) in [4.78, 5) is 23.6. The van der Waals surface area contributed by atoms with Gasteiger partial charge < -0.3 is 15.4 Å². The van der Waals surface area contributed by atoms with Crippen LogP contribution in [-0.2, 0) is 4.74 Å². The number of nitrogens with one attached hydrogen (secondary N) is 2. The van der Waals surface area contributed by atoms with E-state index in [1.165, 1.54) is 7.11 Å². The van der Waals surface area contributed by atoms with Crippen molar-refractivity contribution in [2.45, 2.75) is 0 Å². The zero-order valence-electron chi connectivity index (χ0n) is 14.3. The van der Waals surface area contributed by atoms with Gasteiger partial charge in [0, 0.05) is 16.3 Å². The Morgan fingerprint density at radius 2 is 1.44 bits per heavy atom. The van der Waals surface area contributed by atoms with E-state index >= 15 is 0 Å². The number of anilines is 3. The molecule has 0 spiro atoms. The number of halogens is 1. The lowest BCUT2D eigenvalue weighted by Gasteiger charge is -2.07. The lowest BCUT2D eigenvalue weighted by molar-refractivity contribution is 0.0600. The van der Waals surface area contributed by atoms with Crippen LogP contribution in [0.25, 0.3) is 0 Å². The summed E-state index contributed by atoms with van der Waals surface area (Å²) in [5.74, 6) is 0.106. The SMILES string of the molecule is COC(=O)c1ccc(Nc2ccc(NC(=O)c3ccc(Cl)cc3)nn2)cc1. The summed E-state index contributed by atoms with van der Waals surface area (Å²) in [6.07, 6.45) is 0. The molecule has 8 heteroatoms. The van der Waals surface area contributed by atoms with Gasteiger partial charge in [0.05, 0.1) is 12.7 Å². The van der Waals surface area contributed by atoms with Crippen molar-refractivity contribution < 1.29 is 14.3 Å². The number of carbonyl (C=O) groups excluding carboxylic acids is 2. The third kappa shape index (κ3) is 4.80. The van der Waals surface area contributed by atoms with Crippen molar-refractivity contribution in [1.29, 1.82) is 0 Å². The van der Waals surface area contributed by atoms with Crippen molar-refractivity contribution >= 4 is 40.8 Å². The molecule has 0 fully saturated rings. The lowest BCUT2D eigenvalue weighted by Crippen LogP contribution is -2.13. The molecule has 3 aromatic rings. The van der Waals surface area contributed by atoms with E-state index in [4.69, 9.17) is 11.6 Å². The van der Waals surface area contributed by atoms with E-state index in [-0.39, 0.29) is 5.91 Å². The number of hydrogen-bond acceptors (Lipinski definition) is 6. The molecule has 1 amide bonds. The topological polar surface area (TPSA) is 93.2 Å². The standard InChI is InChI=1S/C19H15ClN4O3/c1-27-19(26)13-4-8-15(9-5-13)21-16-10-11-17(24-23-16)22-18(25)12-2-6-14(20)7-3-12/h2-11H,1H3,(H,21,23)(H,22,24,25). The van der Waals surface area contributed by atoms with E-state index in [1.807, 2.05) is 0 Å². The summed E-state index contributed by atoms with van der Waals surface area (Å²) >= 11 is 5.81. The Morgan fingerprint density at radius 1 is 0.852 bits per heavy atom. The minimum atomic E-state index is -0.401. The highest BCUT2D eigenvalue weighted by molar-refractivity contribution is 6.30. The molecular formula is C19H15ClN4O3. The Morgan fingerprint density at radius 3 is 2.04 bits per heavy atom. The molecule has 0 aliphatic heterocycles. The molecule has 2 N–H and O–H groups in total. The molecule has 1 aromatic heterocycles. The number of carbonyl (C=O) groups is 2. The van der Waals surface area contributed by atoms with Crippen LogP contribution in [0.1, 0.15) is 20.7 Å². The number of amides is 1. The summed E-state index contributed by atoms with van der Waals surface area (Å²) in [6.45, 7) is 0. The van der Waals surface area contributed by atoms with Crippen LogP contribution in [-0.4, -0.2) is 29.2 Å². The van der Waals surface area contributed by atoms with Crippen molar-refractivity contribution in [3.05, 3.63) is 76.8 Å². The van der Waals surface area contributed by atoms with Crippen LogP contribution in [0.15, 0.2) is 60.7 Å². The van der Waals surface area contributed by atoms with Gasteiger partial charge in [0.1, 0.15) is 0 Å². The normalized spacial score (nSPS) is 10.1. The molecule has 0 saturated carbocycles. The lowest BCUT2D eigenvalue weighted by atomic mass is 10.2. The summed E-state index contributed by atoms with van der Waals surface area (Å²) in [5, 5.41) is 14.3. The maximum absolute atomic E-state index is 12.1. The smallest absolute Gasteiger partial charge is 0.337 e. The summed E-state index contributed by atoms with van der Waals surface area (Å²) in [5.41, 5.74) is 1.65. The number of hydrogen-bond donors (Lipinski definition) is 2. The van der Waals surface area contributed by atoms with Gasteiger partial charge in [-0.1, -0.05) is 11.6 Å². The maximum atomic E-state index is 12.1. The number of nitrogens with zero attached hydrogens (tertiary/aromatic N) is 2. The molecular weight excluding hydrogens is 368 g/mol. The van der Waals surface area contributed by atoms with Crippen LogP contribution < -0.4 is 10.6 Å². The average Bonchev–Trinajstić information content (AvgIpc) is 2.70. The third-order valence-corrected chi connectivity index (χ3v) is 3.84. The van der Waals surface area contributed by atoms with E-state index in [0.29, 0.717) is 27.8 Å². The molecule has 0 atom stereocenters. The molecule has 0 aliphatic carbocycles. The molecule has 0 bridgehead atoms. The van der Waals surface area contributed by atoms with Gasteiger partial charge in [-0.25, -0.2) is 4.79 Å². The van der Waals surface area contributed by atoms with Crippen LogP contribution >= 0.6 is 11.6 Å². The quantitative estimate of drug-likeness (QED) is 0.650. The van der Waals surface area contributed by atoms with Gasteiger partial charge in [0.15, 0.2) is 11.6 Å². The molecule has 3 rings (SSSR count). The second-order valence-corrected chi connectivity index (χ2v) is 5.90. The predicted octanol–water partition coefficient (Wildman–Crippen LogP) is 3.91. The van der Waals surface area contributed by atoms with Crippen LogP contribution in [0.3, 0.4) is 0 Å².